The zero-order valence-electron chi connectivity index (χ0n) is 12.4. The number of aromatic carboxylic acids is 1. The van der Waals surface area contributed by atoms with Crippen molar-refractivity contribution < 1.29 is 9.90 Å². The van der Waals surface area contributed by atoms with E-state index in [1.165, 1.54) is 0 Å². The smallest absolute Gasteiger partial charge is 0.337 e. The van der Waals surface area contributed by atoms with Crippen molar-refractivity contribution in [1.29, 1.82) is 0 Å². The average Bonchev–Trinajstić information content (AvgIpc) is 2.38. The van der Waals surface area contributed by atoms with Crippen LogP contribution >= 0.6 is 0 Å². The van der Waals surface area contributed by atoms with Crippen molar-refractivity contribution >= 4 is 11.7 Å². The first-order valence-corrected chi connectivity index (χ1v) is 7.11. The fourth-order valence-corrected chi connectivity index (χ4v) is 2.19. The molecule has 0 saturated heterocycles. The van der Waals surface area contributed by atoms with Crippen LogP contribution in [0.25, 0.3) is 0 Å². The predicted molar refractivity (Wildman–Crippen MR) is 80.1 cm³/mol. The van der Waals surface area contributed by atoms with Gasteiger partial charge in [-0.25, -0.2) is 4.79 Å². The highest BCUT2D eigenvalue weighted by molar-refractivity contribution is 5.94. The summed E-state index contributed by atoms with van der Waals surface area (Å²) in [7, 11) is 0. The molecule has 106 valence electrons. The Morgan fingerprint density at radius 1 is 1.37 bits per heavy atom. The Morgan fingerprint density at radius 3 is 2.58 bits per heavy atom. The third-order valence-corrected chi connectivity index (χ3v) is 3.57. The van der Waals surface area contributed by atoms with Gasteiger partial charge in [-0.2, -0.15) is 0 Å². The molecule has 1 N–H and O–H groups in total. The van der Waals surface area contributed by atoms with Crippen LogP contribution in [0.4, 0.5) is 5.69 Å². The Labute approximate surface area is 116 Å². The summed E-state index contributed by atoms with van der Waals surface area (Å²) in [5.41, 5.74) is 2.36. The van der Waals surface area contributed by atoms with Crippen molar-refractivity contribution in [1.82, 2.24) is 0 Å². The van der Waals surface area contributed by atoms with Crippen molar-refractivity contribution in [2.24, 2.45) is 0 Å². The molecule has 19 heavy (non-hydrogen) atoms. The molecule has 1 unspecified atom stereocenters. The van der Waals surface area contributed by atoms with Crippen LogP contribution in [0.15, 0.2) is 18.2 Å². The fourth-order valence-electron chi connectivity index (χ4n) is 2.19. The highest BCUT2D eigenvalue weighted by Gasteiger charge is 2.19. The molecule has 0 aromatic heterocycles. The van der Waals surface area contributed by atoms with E-state index in [0.717, 1.165) is 37.1 Å². The van der Waals surface area contributed by atoms with E-state index in [2.05, 4.69) is 25.7 Å². The summed E-state index contributed by atoms with van der Waals surface area (Å²) < 4.78 is 0. The minimum absolute atomic E-state index is 0.353. The molecule has 0 fully saturated rings. The normalized spacial score (nSPS) is 12.2. The van der Waals surface area contributed by atoms with E-state index in [-0.39, 0.29) is 0 Å². The lowest BCUT2D eigenvalue weighted by molar-refractivity contribution is 0.0697. The summed E-state index contributed by atoms with van der Waals surface area (Å²) in [6.07, 6.45) is 3.20. The molecule has 3 nitrogen and oxygen atoms in total. The molecule has 0 spiro atoms. The number of aryl methyl sites for hydroxylation is 1. The monoisotopic (exact) mass is 263 g/mol. The molecule has 0 saturated carbocycles. The maximum atomic E-state index is 11.4. The van der Waals surface area contributed by atoms with Crippen molar-refractivity contribution in [3.05, 3.63) is 29.3 Å². The van der Waals surface area contributed by atoms with E-state index in [1.807, 2.05) is 19.1 Å². The number of benzene rings is 1. The fraction of sp³-hybridized carbons (Fsp3) is 0.562. The number of carboxylic acid groups (broad SMARTS) is 1. The summed E-state index contributed by atoms with van der Waals surface area (Å²) >= 11 is 0. The topological polar surface area (TPSA) is 40.5 Å². The van der Waals surface area contributed by atoms with Gasteiger partial charge in [-0.1, -0.05) is 26.3 Å². The Bertz CT molecular complexity index is 429. The maximum Gasteiger partial charge on any atom is 0.337 e. The SMILES string of the molecule is CCCCN(c1cc(C)ccc1C(=O)O)C(C)CC. The van der Waals surface area contributed by atoms with Gasteiger partial charge in [-0.3, -0.25) is 0 Å². The van der Waals surface area contributed by atoms with Crippen molar-refractivity contribution in [2.75, 3.05) is 11.4 Å². The first-order chi connectivity index (χ1) is 9.01. The Hall–Kier alpha value is -1.51. The lowest BCUT2D eigenvalue weighted by Crippen LogP contribution is -2.34. The lowest BCUT2D eigenvalue weighted by Gasteiger charge is -2.32. The van der Waals surface area contributed by atoms with E-state index in [1.54, 1.807) is 6.07 Å². The van der Waals surface area contributed by atoms with Crippen LogP contribution in [0, 0.1) is 6.92 Å². The van der Waals surface area contributed by atoms with Gasteiger partial charge in [-0.05, 0) is 44.4 Å². The summed E-state index contributed by atoms with van der Waals surface area (Å²) in [5.74, 6) is -0.847. The molecule has 0 radical (unpaired) electrons. The molecule has 0 aliphatic heterocycles. The van der Waals surface area contributed by atoms with Gasteiger partial charge in [0.25, 0.3) is 0 Å². The first-order valence-electron chi connectivity index (χ1n) is 7.11. The molecule has 1 rings (SSSR count). The second kappa shape index (κ2) is 7.17. The maximum absolute atomic E-state index is 11.4. The minimum Gasteiger partial charge on any atom is -0.478 e. The van der Waals surface area contributed by atoms with E-state index in [4.69, 9.17) is 0 Å². The molecule has 1 aromatic rings. The van der Waals surface area contributed by atoms with Gasteiger partial charge in [0.1, 0.15) is 0 Å². The number of rotatable bonds is 7. The van der Waals surface area contributed by atoms with E-state index < -0.39 is 5.97 Å². The predicted octanol–water partition coefficient (Wildman–Crippen LogP) is 4.10. The number of carboxylic acids is 1. The second-order valence-electron chi connectivity index (χ2n) is 5.13. The molecule has 3 heteroatoms. The Kier molecular flexibility index (Phi) is 5.87. The van der Waals surface area contributed by atoms with Crippen molar-refractivity contribution in [3.8, 4) is 0 Å². The van der Waals surface area contributed by atoms with Crippen LogP contribution in [0.2, 0.25) is 0 Å². The van der Waals surface area contributed by atoms with Crippen molar-refractivity contribution in [3.63, 3.8) is 0 Å². The molecular formula is C16H25NO2. The number of unbranched alkanes of at least 4 members (excludes halogenated alkanes) is 1. The number of carbonyl (C=O) groups is 1. The number of nitrogens with zero attached hydrogens (tertiary/aromatic N) is 1. The van der Waals surface area contributed by atoms with Crippen molar-refractivity contribution in [2.45, 2.75) is 53.0 Å². The van der Waals surface area contributed by atoms with Gasteiger partial charge in [0, 0.05) is 12.6 Å². The van der Waals surface area contributed by atoms with Gasteiger partial charge in [-0.15, -0.1) is 0 Å². The Balaban J connectivity index is 3.19. The van der Waals surface area contributed by atoms with Gasteiger partial charge in [0.2, 0.25) is 0 Å². The van der Waals surface area contributed by atoms with Crippen LogP contribution in [-0.4, -0.2) is 23.7 Å². The highest BCUT2D eigenvalue weighted by atomic mass is 16.4. The Morgan fingerprint density at radius 2 is 2.05 bits per heavy atom. The molecule has 0 aliphatic rings. The zero-order chi connectivity index (χ0) is 14.4. The summed E-state index contributed by atoms with van der Waals surface area (Å²) in [5, 5.41) is 9.36. The van der Waals surface area contributed by atoms with E-state index >= 15 is 0 Å². The van der Waals surface area contributed by atoms with Crippen LogP contribution in [0.5, 0.6) is 0 Å². The molecule has 0 aliphatic carbocycles. The quantitative estimate of drug-likeness (QED) is 0.805. The largest absolute Gasteiger partial charge is 0.478 e. The number of hydrogen-bond acceptors (Lipinski definition) is 2. The average molecular weight is 263 g/mol. The first kappa shape index (κ1) is 15.5. The third kappa shape index (κ3) is 3.98. The van der Waals surface area contributed by atoms with E-state index in [9.17, 15) is 9.90 Å². The molecule has 1 atom stereocenters. The molecule has 1 aromatic carbocycles. The molecule has 0 heterocycles. The third-order valence-electron chi connectivity index (χ3n) is 3.57. The number of hydrogen-bond donors (Lipinski definition) is 1. The summed E-state index contributed by atoms with van der Waals surface area (Å²) in [6.45, 7) is 9.37. The van der Waals surface area contributed by atoms with Crippen LogP contribution in [0.1, 0.15) is 56.0 Å². The van der Waals surface area contributed by atoms with Gasteiger partial charge in [0.15, 0.2) is 0 Å². The summed E-state index contributed by atoms with van der Waals surface area (Å²) in [4.78, 5) is 13.6. The highest BCUT2D eigenvalue weighted by Crippen LogP contribution is 2.25. The summed E-state index contributed by atoms with van der Waals surface area (Å²) in [6, 6.07) is 5.92. The van der Waals surface area contributed by atoms with Gasteiger partial charge >= 0.3 is 5.97 Å². The van der Waals surface area contributed by atoms with Gasteiger partial charge in [0.05, 0.1) is 11.3 Å². The van der Waals surface area contributed by atoms with E-state index in [0.29, 0.717) is 11.6 Å². The van der Waals surface area contributed by atoms with Gasteiger partial charge < -0.3 is 10.0 Å². The van der Waals surface area contributed by atoms with Crippen LogP contribution in [-0.2, 0) is 0 Å². The standard InChI is InChI=1S/C16H25NO2/c1-5-7-10-17(13(4)6-2)15-11-12(3)8-9-14(15)16(18)19/h8-9,11,13H,5-7,10H2,1-4H3,(H,18,19). The lowest BCUT2D eigenvalue weighted by atomic mass is 10.1. The second-order valence-corrected chi connectivity index (χ2v) is 5.13. The number of anilines is 1. The zero-order valence-corrected chi connectivity index (χ0v) is 12.4. The molecular weight excluding hydrogens is 238 g/mol. The molecule has 0 bridgehead atoms. The van der Waals surface area contributed by atoms with Crippen LogP contribution < -0.4 is 4.90 Å². The minimum atomic E-state index is -0.847. The molecule has 0 amide bonds. The van der Waals surface area contributed by atoms with Crippen LogP contribution in [0.3, 0.4) is 0 Å².